The van der Waals surface area contributed by atoms with Gasteiger partial charge in [0.1, 0.15) is 34.6 Å². The molecule has 3 aromatic carbocycles. The molecule has 0 bridgehead atoms. The monoisotopic (exact) mass is 571 g/mol. The summed E-state index contributed by atoms with van der Waals surface area (Å²) in [5.41, 5.74) is 1.74. The lowest BCUT2D eigenvalue weighted by Gasteiger charge is -2.31. The molecule has 0 aliphatic carbocycles. The van der Waals surface area contributed by atoms with Crippen LogP contribution in [0.5, 0.6) is 5.75 Å². The Morgan fingerprint density at radius 1 is 1.03 bits per heavy atom. The Morgan fingerprint density at radius 2 is 1.59 bits per heavy atom. The van der Waals surface area contributed by atoms with Crippen molar-refractivity contribution in [1.82, 2.24) is 9.29 Å². The van der Waals surface area contributed by atoms with E-state index in [4.69, 9.17) is 32.7 Å². The van der Waals surface area contributed by atoms with Crippen molar-refractivity contribution >= 4 is 60.6 Å². The van der Waals surface area contributed by atoms with Gasteiger partial charge in [0.05, 0.1) is 27.7 Å². The second-order valence-electron chi connectivity index (χ2n) is 8.28. The van der Waals surface area contributed by atoms with Crippen LogP contribution in [0.2, 0.25) is 10.0 Å². The number of hydrogen-bond acceptors (Lipinski definition) is 5. The highest BCUT2D eigenvalue weighted by atomic mass is 35.5. The first-order valence-corrected chi connectivity index (χ1v) is 13.1. The summed E-state index contributed by atoms with van der Waals surface area (Å²) in [5.74, 6) is -0.510. The summed E-state index contributed by atoms with van der Waals surface area (Å²) in [4.78, 5) is -0.0912. The number of aliphatic hydroxyl groups is 1. The molecule has 13 heteroatoms. The number of rotatable bonds is 5. The molecule has 1 aliphatic heterocycles. The molecule has 0 radical (unpaired) electrons. The zero-order valence-electron chi connectivity index (χ0n) is 18.6. The van der Waals surface area contributed by atoms with Crippen molar-refractivity contribution in [3.63, 3.8) is 0 Å². The number of benzene rings is 3. The summed E-state index contributed by atoms with van der Waals surface area (Å²) in [7, 11) is -3.74. The molecule has 0 saturated carbocycles. The molecule has 0 spiro atoms. The minimum absolute atomic E-state index is 0.0912. The van der Waals surface area contributed by atoms with E-state index in [1.165, 1.54) is 6.26 Å². The van der Waals surface area contributed by atoms with Crippen LogP contribution in [0.15, 0.2) is 71.8 Å². The van der Waals surface area contributed by atoms with Gasteiger partial charge in [-0.1, -0.05) is 23.2 Å². The third-order valence-electron chi connectivity index (χ3n) is 5.82. The van der Waals surface area contributed by atoms with Gasteiger partial charge in [-0.25, -0.2) is 13.7 Å². The SMILES string of the molecule is N=S(=O)(N[C@H]1COC=C(n2c3ccc(Cl)cc3c3cc(Cl)ccc32)[C@H]1O)c1ccc(OC(F)(F)F)cc1. The Kier molecular flexibility index (Phi) is 6.53. The first kappa shape index (κ1) is 25.7. The third-order valence-corrected chi connectivity index (χ3v) is 7.86. The van der Waals surface area contributed by atoms with Crippen LogP contribution < -0.4 is 9.46 Å². The predicted molar refractivity (Wildman–Crippen MR) is 135 cm³/mol. The van der Waals surface area contributed by atoms with Crippen LogP contribution in [0.4, 0.5) is 13.2 Å². The molecule has 1 aromatic heterocycles. The van der Waals surface area contributed by atoms with Gasteiger partial charge in [-0.05, 0) is 60.7 Å². The van der Waals surface area contributed by atoms with Crippen LogP contribution in [0.1, 0.15) is 0 Å². The maximum atomic E-state index is 13.2. The van der Waals surface area contributed by atoms with E-state index >= 15 is 0 Å². The summed E-state index contributed by atoms with van der Waals surface area (Å²) >= 11 is 12.4. The minimum atomic E-state index is -4.88. The maximum absolute atomic E-state index is 13.2. The largest absolute Gasteiger partial charge is 0.573 e. The number of fused-ring (bicyclic) bond motifs is 3. The quantitative estimate of drug-likeness (QED) is 0.267. The van der Waals surface area contributed by atoms with Gasteiger partial charge in [0, 0.05) is 20.8 Å². The fourth-order valence-corrected chi connectivity index (χ4v) is 5.87. The Balaban J connectivity index is 1.47. The number of nitrogens with zero attached hydrogens (tertiary/aromatic N) is 1. The normalized spacial score (nSPS) is 19.9. The van der Waals surface area contributed by atoms with Gasteiger partial charge < -0.3 is 19.1 Å². The average Bonchev–Trinajstić information content (AvgIpc) is 3.12. The average molecular weight is 572 g/mol. The number of halogens is 5. The van der Waals surface area contributed by atoms with Gasteiger partial charge in [-0.2, -0.15) is 0 Å². The fourth-order valence-electron chi connectivity index (χ4n) is 4.25. The number of hydrogen-bond donors (Lipinski definition) is 3. The first-order valence-electron chi connectivity index (χ1n) is 10.7. The molecular weight excluding hydrogens is 554 g/mol. The molecular formula is C24H18Cl2F3N3O4S. The molecule has 37 heavy (non-hydrogen) atoms. The highest BCUT2D eigenvalue weighted by molar-refractivity contribution is 7.90. The van der Waals surface area contributed by atoms with E-state index in [9.17, 15) is 22.5 Å². The smallest absolute Gasteiger partial charge is 0.497 e. The van der Waals surface area contributed by atoms with Gasteiger partial charge in [0.2, 0.25) is 0 Å². The molecule has 194 valence electrons. The van der Waals surface area contributed by atoms with Crippen molar-refractivity contribution in [3.8, 4) is 5.75 Å². The Labute approximate surface area is 219 Å². The van der Waals surface area contributed by atoms with Gasteiger partial charge in [-0.3, -0.25) is 0 Å². The highest BCUT2D eigenvalue weighted by Crippen LogP contribution is 2.37. The van der Waals surface area contributed by atoms with Crippen molar-refractivity contribution in [2.45, 2.75) is 23.4 Å². The van der Waals surface area contributed by atoms with E-state index in [0.717, 1.165) is 35.0 Å². The van der Waals surface area contributed by atoms with Crippen LogP contribution >= 0.6 is 23.2 Å². The fraction of sp³-hybridized carbons (Fsp3) is 0.167. The molecule has 4 aromatic rings. The van der Waals surface area contributed by atoms with Crippen LogP contribution in [0.25, 0.3) is 27.5 Å². The molecule has 5 rings (SSSR count). The van der Waals surface area contributed by atoms with Gasteiger partial charge in [0.25, 0.3) is 0 Å². The zero-order valence-corrected chi connectivity index (χ0v) is 21.0. The third kappa shape index (κ3) is 5.10. The summed E-state index contributed by atoms with van der Waals surface area (Å²) in [6, 6.07) is 13.7. The molecule has 7 nitrogen and oxygen atoms in total. The molecule has 1 unspecified atom stereocenters. The lowest BCUT2D eigenvalue weighted by Crippen LogP contribution is -2.48. The predicted octanol–water partition coefficient (Wildman–Crippen LogP) is 6.17. The lowest BCUT2D eigenvalue weighted by molar-refractivity contribution is -0.274. The van der Waals surface area contributed by atoms with E-state index in [1.54, 1.807) is 41.0 Å². The van der Waals surface area contributed by atoms with E-state index < -0.39 is 34.2 Å². The number of aliphatic hydroxyl groups excluding tert-OH is 1. The van der Waals surface area contributed by atoms with Gasteiger partial charge in [-0.15, -0.1) is 13.2 Å². The summed E-state index contributed by atoms with van der Waals surface area (Å²) < 4.78 is 72.5. The van der Waals surface area contributed by atoms with Crippen molar-refractivity contribution in [1.29, 1.82) is 4.78 Å². The molecule has 3 N–H and O–H groups in total. The topological polar surface area (TPSA) is 96.6 Å². The lowest BCUT2D eigenvalue weighted by atomic mass is 10.1. The Bertz CT molecular complexity index is 1580. The van der Waals surface area contributed by atoms with Crippen molar-refractivity contribution in [2.75, 3.05) is 6.61 Å². The second kappa shape index (κ2) is 9.41. The van der Waals surface area contributed by atoms with E-state index in [1.807, 2.05) is 0 Å². The Morgan fingerprint density at radius 3 is 2.14 bits per heavy atom. The van der Waals surface area contributed by atoms with Crippen LogP contribution in [-0.2, 0) is 14.7 Å². The van der Waals surface area contributed by atoms with Crippen molar-refractivity contribution in [2.24, 2.45) is 0 Å². The zero-order chi connectivity index (χ0) is 26.5. The van der Waals surface area contributed by atoms with Crippen molar-refractivity contribution in [3.05, 3.63) is 77.0 Å². The number of ether oxygens (including phenoxy) is 2. The van der Waals surface area contributed by atoms with E-state index in [-0.39, 0.29) is 11.5 Å². The molecule has 2 heterocycles. The Hall–Kier alpha value is -2.96. The van der Waals surface area contributed by atoms with E-state index in [0.29, 0.717) is 26.8 Å². The molecule has 3 atom stereocenters. The standard InChI is InChI=1S/C24H18Cl2F3N3O4S/c25-13-1-7-20-17(9-13)18-10-14(26)2-8-21(18)32(20)22-12-35-11-19(23(22)33)31-37(30,34)16-5-3-15(4-6-16)36-24(27,28)29/h1-10,12,19,23,33H,11H2,(H2,30,31,34)/t19-,23-,37?/m0/s1. The number of nitrogens with one attached hydrogen (secondary N) is 2. The van der Waals surface area contributed by atoms with Crippen molar-refractivity contribution < 1.29 is 32.0 Å². The van der Waals surface area contributed by atoms with Gasteiger partial charge >= 0.3 is 6.36 Å². The van der Waals surface area contributed by atoms with Crippen LogP contribution in [0.3, 0.4) is 0 Å². The molecule has 0 fully saturated rings. The van der Waals surface area contributed by atoms with Crippen LogP contribution in [-0.4, -0.2) is 39.0 Å². The molecule has 0 amide bonds. The van der Waals surface area contributed by atoms with Crippen LogP contribution in [0, 0.1) is 4.78 Å². The maximum Gasteiger partial charge on any atom is 0.573 e. The number of aromatic nitrogens is 1. The summed E-state index contributed by atoms with van der Waals surface area (Å²) in [6.45, 7) is -0.107. The molecule has 0 saturated heterocycles. The van der Waals surface area contributed by atoms with Gasteiger partial charge in [0.15, 0.2) is 0 Å². The first-order chi connectivity index (χ1) is 17.4. The number of alkyl halides is 3. The highest BCUT2D eigenvalue weighted by Gasteiger charge is 2.34. The summed E-state index contributed by atoms with van der Waals surface area (Å²) in [5, 5.41) is 13.9. The summed E-state index contributed by atoms with van der Waals surface area (Å²) in [6.07, 6.45) is -4.75. The molecule has 1 aliphatic rings. The van der Waals surface area contributed by atoms with E-state index in [2.05, 4.69) is 9.46 Å². The second-order valence-corrected chi connectivity index (χ2v) is 11.0. The minimum Gasteiger partial charge on any atom is -0.497 e.